The Bertz CT molecular complexity index is 2230. The number of Topliss-reactive ketones (excluding diaryl/α,β-unsaturated/α-hetero) is 2. The third-order valence-corrected chi connectivity index (χ3v) is 11.5. The summed E-state index contributed by atoms with van der Waals surface area (Å²) in [6.07, 6.45) is -6.74. The van der Waals surface area contributed by atoms with E-state index in [1.807, 2.05) is 26.0 Å². The lowest BCUT2D eigenvalue weighted by Crippen LogP contribution is -2.57. The van der Waals surface area contributed by atoms with Crippen LogP contribution in [-0.4, -0.2) is 102 Å². The van der Waals surface area contributed by atoms with Gasteiger partial charge in [-0.15, -0.1) is 0 Å². The lowest BCUT2D eigenvalue weighted by molar-refractivity contribution is -0.197. The Morgan fingerprint density at radius 2 is 1.11 bits per heavy atom. The monoisotopic (exact) mass is 742 g/mol. The van der Waals surface area contributed by atoms with E-state index >= 15 is 0 Å². The van der Waals surface area contributed by atoms with Crippen LogP contribution < -0.4 is 0 Å². The van der Waals surface area contributed by atoms with E-state index in [2.05, 4.69) is 9.97 Å². The van der Waals surface area contributed by atoms with Gasteiger partial charge in [0, 0.05) is 48.8 Å². The molecule has 286 valence electrons. The molecule has 4 N–H and O–H groups in total. The number of aromatic nitrogens is 4. The van der Waals surface area contributed by atoms with Gasteiger partial charge in [0.1, 0.15) is 46.6 Å². The Kier molecular flexibility index (Phi) is 9.40. The van der Waals surface area contributed by atoms with Crippen LogP contribution in [0.4, 0.5) is 0 Å². The van der Waals surface area contributed by atoms with Crippen molar-refractivity contribution in [1.29, 1.82) is 0 Å². The molecule has 3 aromatic rings. The molecule has 0 spiro atoms. The molecule has 2 saturated heterocycles. The number of aliphatic hydroxyl groups is 2. The molecule has 4 aliphatic rings. The minimum atomic E-state index is -1.43. The Morgan fingerprint density at radius 3 is 1.57 bits per heavy atom. The SMILES string of the molecule is CC(=O)O[C@@H]1C[C@@H](O)[C@@H](C)OC1[C@]1(C)C(=O)c2cc3cc(C)c(cc4nc(cc5[nH]c(cc1n2)cc5C)C(=O)[C@@]4(C)C1O[C@H](C)[C@H](O)C[C@H]1OC(C)=O)[nH]3. The van der Waals surface area contributed by atoms with Gasteiger partial charge in [-0.25, -0.2) is 9.97 Å². The molecule has 7 heterocycles. The van der Waals surface area contributed by atoms with Gasteiger partial charge in [-0.3, -0.25) is 19.2 Å². The maximum Gasteiger partial charge on any atom is 0.302 e. The molecule has 10 atom stereocenters. The fraction of sp³-hybridized carbons (Fsp3) is 0.500. The average molecular weight is 743 g/mol. The van der Waals surface area contributed by atoms with Crippen molar-refractivity contribution in [2.75, 3.05) is 0 Å². The van der Waals surface area contributed by atoms with Gasteiger partial charge >= 0.3 is 11.9 Å². The zero-order chi connectivity index (χ0) is 39.0. The van der Waals surface area contributed by atoms with Crippen LogP contribution in [0.3, 0.4) is 0 Å². The Labute approximate surface area is 311 Å². The van der Waals surface area contributed by atoms with Crippen molar-refractivity contribution in [3.05, 3.63) is 70.3 Å². The Balaban J connectivity index is 1.45. The summed E-state index contributed by atoms with van der Waals surface area (Å²) >= 11 is 0. The van der Waals surface area contributed by atoms with Gasteiger partial charge in [0.2, 0.25) is 0 Å². The zero-order valence-corrected chi connectivity index (χ0v) is 31.6. The number of ether oxygens (including phenoxy) is 4. The summed E-state index contributed by atoms with van der Waals surface area (Å²) in [6.45, 7) is 13.1. The van der Waals surface area contributed by atoms with Crippen molar-refractivity contribution < 1.29 is 48.3 Å². The van der Waals surface area contributed by atoms with Gasteiger partial charge in [0.05, 0.1) is 35.8 Å². The summed E-state index contributed by atoms with van der Waals surface area (Å²) in [5, 5.41) is 21.3. The standard InChI is InChI=1S/C40H46N4O10/c1-17-10-24-12-33-39(7,37-31(53-21(5)45)15-29(47)19(3)51-37)35(49)27(43-33)11-23-9-18(2)26(41-23)14-34-40(8,36(50)28(44-34)13-25(17)42-24)38-32(54-22(6)46)16-30(48)20(4)52-38/h9-14,19-20,29-32,37-38,41-42,47-48H,15-16H2,1-8H3/t19-,20-,29-,30-,31-,32-,37?,38?,39+,40+/m1/s1. The first kappa shape index (κ1) is 37.6. The smallest absolute Gasteiger partial charge is 0.302 e. The van der Waals surface area contributed by atoms with Crippen molar-refractivity contribution in [2.24, 2.45) is 0 Å². The van der Waals surface area contributed by atoms with Crippen molar-refractivity contribution in [3.8, 4) is 0 Å². The molecule has 54 heavy (non-hydrogen) atoms. The average Bonchev–Trinajstić information content (AvgIpc) is 3.76. The fourth-order valence-electron chi connectivity index (χ4n) is 8.28. The predicted octanol–water partition coefficient (Wildman–Crippen LogP) is 4.15. The highest BCUT2D eigenvalue weighted by Crippen LogP contribution is 2.44. The van der Waals surface area contributed by atoms with Gasteiger partial charge in [-0.2, -0.15) is 0 Å². The number of esters is 2. The van der Waals surface area contributed by atoms with E-state index in [4.69, 9.17) is 28.9 Å². The molecule has 0 aromatic carbocycles. The molecule has 0 radical (unpaired) electrons. The largest absolute Gasteiger partial charge is 0.460 e. The molecular weight excluding hydrogens is 696 g/mol. The van der Waals surface area contributed by atoms with Crippen LogP contribution in [0.1, 0.15) is 97.9 Å². The van der Waals surface area contributed by atoms with Gasteiger partial charge < -0.3 is 39.1 Å². The number of aryl methyl sites for hydroxylation is 2. The van der Waals surface area contributed by atoms with Crippen molar-refractivity contribution in [2.45, 2.75) is 128 Å². The lowest BCUT2D eigenvalue weighted by Gasteiger charge is -2.44. The third-order valence-electron chi connectivity index (χ3n) is 11.5. The van der Waals surface area contributed by atoms with Gasteiger partial charge in [-0.05, 0) is 89.1 Å². The van der Waals surface area contributed by atoms with Crippen LogP contribution in [0, 0.1) is 13.8 Å². The summed E-state index contributed by atoms with van der Waals surface area (Å²) in [5.41, 5.74) is 2.05. The number of aliphatic hydroxyl groups excluding tert-OH is 2. The van der Waals surface area contributed by atoms with Crippen molar-refractivity contribution in [3.63, 3.8) is 0 Å². The number of carbonyl (C=O) groups excluding carboxylic acids is 4. The number of rotatable bonds is 4. The minimum absolute atomic E-state index is 0.0804. The van der Waals surface area contributed by atoms with E-state index in [1.165, 1.54) is 13.8 Å². The van der Waals surface area contributed by atoms with Crippen LogP contribution >= 0.6 is 0 Å². The molecule has 7 rings (SSSR count). The highest BCUT2D eigenvalue weighted by atomic mass is 16.6. The third kappa shape index (κ3) is 6.24. The molecule has 0 amide bonds. The maximum atomic E-state index is 14.7. The number of hydrogen-bond donors (Lipinski definition) is 4. The van der Waals surface area contributed by atoms with E-state index in [1.54, 1.807) is 52.0 Å². The summed E-state index contributed by atoms with van der Waals surface area (Å²) < 4.78 is 23.9. The molecule has 2 fully saturated rings. The molecule has 0 saturated carbocycles. The number of carbonyl (C=O) groups is 4. The quantitative estimate of drug-likeness (QED) is 0.279. The summed E-state index contributed by atoms with van der Waals surface area (Å²) in [5.74, 6) is -1.83. The van der Waals surface area contributed by atoms with Crippen LogP contribution in [0.25, 0.3) is 22.1 Å². The molecule has 8 bridgehead atoms. The first-order valence-electron chi connectivity index (χ1n) is 18.2. The maximum absolute atomic E-state index is 14.7. The summed E-state index contributed by atoms with van der Waals surface area (Å²) in [4.78, 5) is 70.1. The number of ketones is 2. The van der Waals surface area contributed by atoms with Crippen molar-refractivity contribution >= 4 is 45.6 Å². The Morgan fingerprint density at radius 1 is 0.704 bits per heavy atom. The van der Waals surface area contributed by atoms with E-state index < -0.39 is 71.6 Å². The Hall–Kier alpha value is -4.76. The summed E-state index contributed by atoms with van der Waals surface area (Å²) in [6, 6.07) is 10.5. The second kappa shape index (κ2) is 13.5. The molecule has 3 aromatic heterocycles. The van der Waals surface area contributed by atoms with Crippen LogP contribution in [0.2, 0.25) is 0 Å². The molecule has 4 aliphatic heterocycles. The highest BCUT2D eigenvalue weighted by Gasteiger charge is 2.57. The normalized spacial score (nSPS) is 32.7. The van der Waals surface area contributed by atoms with Gasteiger partial charge in [0.15, 0.2) is 11.6 Å². The number of aromatic amines is 2. The lowest BCUT2D eigenvalue weighted by atomic mass is 9.73. The highest BCUT2D eigenvalue weighted by molar-refractivity contribution is 6.07. The van der Waals surface area contributed by atoms with Gasteiger partial charge in [-0.1, -0.05) is 0 Å². The first-order chi connectivity index (χ1) is 25.4. The molecule has 14 nitrogen and oxygen atoms in total. The van der Waals surface area contributed by atoms with Crippen LogP contribution in [0.15, 0.2) is 36.4 Å². The second-order valence-electron chi connectivity index (χ2n) is 15.5. The number of nitrogens with one attached hydrogen (secondary N) is 2. The van der Waals surface area contributed by atoms with E-state index in [0.29, 0.717) is 33.5 Å². The number of fused-ring (bicyclic) bond motifs is 8. The molecule has 0 aliphatic carbocycles. The van der Waals surface area contributed by atoms with Crippen LogP contribution in [-0.2, 0) is 39.4 Å². The first-order valence-corrected chi connectivity index (χ1v) is 18.2. The molecular formula is C40H46N4O10. The molecule has 14 heteroatoms. The van der Waals surface area contributed by atoms with Crippen molar-refractivity contribution in [1.82, 2.24) is 19.9 Å². The number of nitrogens with zero attached hydrogens (tertiary/aromatic N) is 2. The van der Waals surface area contributed by atoms with E-state index in [9.17, 15) is 29.4 Å². The van der Waals surface area contributed by atoms with Crippen LogP contribution in [0.5, 0.6) is 0 Å². The number of hydrogen-bond acceptors (Lipinski definition) is 12. The fourth-order valence-corrected chi connectivity index (χ4v) is 8.28. The number of H-pyrrole nitrogens is 2. The van der Waals surface area contributed by atoms with E-state index in [-0.39, 0.29) is 35.8 Å². The van der Waals surface area contributed by atoms with E-state index in [0.717, 1.165) is 11.1 Å². The van der Waals surface area contributed by atoms with Gasteiger partial charge in [0.25, 0.3) is 0 Å². The zero-order valence-electron chi connectivity index (χ0n) is 31.6. The predicted molar refractivity (Wildman–Crippen MR) is 195 cm³/mol. The second-order valence-corrected chi connectivity index (χ2v) is 15.5. The molecule has 2 unspecified atom stereocenters. The summed E-state index contributed by atoms with van der Waals surface area (Å²) in [7, 11) is 0. The topological polar surface area (TPSA) is 203 Å². The minimum Gasteiger partial charge on any atom is -0.460 e.